The normalized spacial score (nSPS) is 11.6. The lowest BCUT2D eigenvalue weighted by atomic mass is 10.3. The SMILES string of the molecule is CCOc1cccc(N(C)CCN(C)S(C)(=O)=O)c1. The largest absolute Gasteiger partial charge is 0.494 e. The number of ether oxygens (including phenoxy) is 1. The van der Waals surface area contributed by atoms with Gasteiger partial charge in [0.2, 0.25) is 10.0 Å². The molecular formula is C13H22N2O3S. The Morgan fingerprint density at radius 2 is 1.89 bits per heavy atom. The molecule has 0 aliphatic carbocycles. The third-order valence-corrected chi connectivity index (χ3v) is 4.20. The van der Waals surface area contributed by atoms with Gasteiger partial charge >= 0.3 is 0 Å². The maximum atomic E-state index is 11.3. The van der Waals surface area contributed by atoms with Crippen molar-refractivity contribution in [3.63, 3.8) is 0 Å². The van der Waals surface area contributed by atoms with Crippen molar-refractivity contribution in [3.05, 3.63) is 24.3 Å². The van der Waals surface area contributed by atoms with Gasteiger partial charge in [-0.15, -0.1) is 0 Å². The Morgan fingerprint density at radius 1 is 1.21 bits per heavy atom. The van der Waals surface area contributed by atoms with Crippen LogP contribution in [0.4, 0.5) is 5.69 Å². The number of rotatable bonds is 7. The summed E-state index contributed by atoms with van der Waals surface area (Å²) in [6.07, 6.45) is 1.21. The molecule has 0 saturated heterocycles. The highest BCUT2D eigenvalue weighted by Crippen LogP contribution is 2.20. The average molecular weight is 286 g/mol. The van der Waals surface area contributed by atoms with E-state index in [2.05, 4.69) is 0 Å². The molecule has 0 fully saturated rings. The van der Waals surface area contributed by atoms with Crippen molar-refractivity contribution >= 4 is 15.7 Å². The van der Waals surface area contributed by atoms with Gasteiger partial charge < -0.3 is 9.64 Å². The van der Waals surface area contributed by atoms with Crippen LogP contribution in [0.15, 0.2) is 24.3 Å². The summed E-state index contributed by atoms with van der Waals surface area (Å²) in [4.78, 5) is 2.00. The summed E-state index contributed by atoms with van der Waals surface area (Å²) < 4.78 is 29.4. The topological polar surface area (TPSA) is 49.9 Å². The summed E-state index contributed by atoms with van der Waals surface area (Å²) in [6, 6.07) is 7.76. The predicted molar refractivity (Wildman–Crippen MR) is 78.4 cm³/mol. The van der Waals surface area contributed by atoms with Crippen molar-refractivity contribution in [1.82, 2.24) is 4.31 Å². The first-order chi connectivity index (χ1) is 8.84. The van der Waals surface area contributed by atoms with Crippen molar-refractivity contribution in [2.24, 2.45) is 0 Å². The molecule has 0 atom stereocenters. The molecular weight excluding hydrogens is 264 g/mol. The van der Waals surface area contributed by atoms with Crippen LogP contribution in [-0.4, -0.2) is 52.8 Å². The highest BCUT2D eigenvalue weighted by atomic mass is 32.2. The van der Waals surface area contributed by atoms with Gasteiger partial charge in [0, 0.05) is 38.9 Å². The van der Waals surface area contributed by atoms with Crippen LogP contribution < -0.4 is 9.64 Å². The molecule has 108 valence electrons. The quantitative estimate of drug-likeness (QED) is 0.760. The zero-order chi connectivity index (χ0) is 14.5. The molecule has 0 aliphatic heterocycles. The summed E-state index contributed by atoms with van der Waals surface area (Å²) >= 11 is 0. The van der Waals surface area contributed by atoms with E-state index in [1.165, 1.54) is 10.6 Å². The fourth-order valence-electron chi connectivity index (χ4n) is 1.56. The molecule has 1 aromatic carbocycles. The molecule has 0 amide bonds. The molecule has 0 unspecified atom stereocenters. The Labute approximate surface area is 115 Å². The summed E-state index contributed by atoms with van der Waals surface area (Å²) in [7, 11) is 0.399. The molecule has 5 nitrogen and oxygen atoms in total. The average Bonchev–Trinajstić information content (AvgIpc) is 2.35. The van der Waals surface area contributed by atoms with E-state index in [-0.39, 0.29) is 0 Å². The van der Waals surface area contributed by atoms with Crippen LogP contribution in [-0.2, 0) is 10.0 Å². The second-order valence-corrected chi connectivity index (χ2v) is 6.53. The van der Waals surface area contributed by atoms with Crippen LogP contribution in [0.25, 0.3) is 0 Å². The van der Waals surface area contributed by atoms with Crippen molar-refractivity contribution < 1.29 is 13.2 Å². The minimum Gasteiger partial charge on any atom is -0.494 e. The van der Waals surface area contributed by atoms with Crippen LogP contribution in [0.3, 0.4) is 0 Å². The Morgan fingerprint density at radius 3 is 2.47 bits per heavy atom. The summed E-state index contributed by atoms with van der Waals surface area (Å²) in [5.74, 6) is 0.823. The molecule has 0 bridgehead atoms. The lowest BCUT2D eigenvalue weighted by Gasteiger charge is -2.23. The molecule has 0 N–H and O–H groups in total. The van der Waals surface area contributed by atoms with Crippen molar-refractivity contribution in [2.45, 2.75) is 6.92 Å². The van der Waals surface area contributed by atoms with E-state index in [9.17, 15) is 8.42 Å². The van der Waals surface area contributed by atoms with Gasteiger partial charge in [-0.1, -0.05) is 6.07 Å². The van der Waals surface area contributed by atoms with Gasteiger partial charge in [0.05, 0.1) is 12.9 Å². The molecule has 0 saturated carbocycles. The summed E-state index contributed by atoms with van der Waals surface area (Å²) in [5, 5.41) is 0. The number of benzene rings is 1. The van der Waals surface area contributed by atoms with Gasteiger partial charge in [-0.2, -0.15) is 0 Å². The Bertz CT molecular complexity index is 502. The molecule has 0 spiro atoms. The van der Waals surface area contributed by atoms with Gasteiger partial charge in [0.1, 0.15) is 5.75 Å². The third kappa shape index (κ3) is 5.08. The Balaban J connectivity index is 2.63. The minimum atomic E-state index is -3.12. The van der Waals surface area contributed by atoms with E-state index >= 15 is 0 Å². The van der Waals surface area contributed by atoms with Crippen molar-refractivity contribution in [3.8, 4) is 5.75 Å². The fourth-order valence-corrected chi connectivity index (χ4v) is 1.98. The van der Waals surface area contributed by atoms with E-state index in [1.807, 2.05) is 43.1 Å². The summed E-state index contributed by atoms with van der Waals surface area (Å²) in [6.45, 7) is 3.65. The lowest BCUT2D eigenvalue weighted by molar-refractivity contribution is 0.340. The molecule has 6 heteroatoms. The maximum Gasteiger partial charge on any atom is 0.211 e. The second-order valence-electron chi connectivity index (χ2n) is 4.44. The first-order valence-corrected chi connectivity index (χ1v) is 8.04. The predicted octanol–water partition coefficient (Wildman–Crippen LogP) is 1.41. The lowest BCUT2D eigenvalue weighted by Crippen LogP contribution is -2.34. The number of nitrogens with zero attached hydrogens (tertiary/aromatic N) is 2. The van der Waals surface area contributed by atoms with E-state index < -0.39 is 10.0 Å². The summed E-state index contributed by atoms with van der Waals surface area (Å²) in [5.41, 5.74) is 1.01. The zero-order valence-electron chi connectivity index (χ0n) is 12.0. The van der Waals surface area contributed by atoms with Crippen LogP contribution in [0.1, 0.15) is 6.92 Å². The Kier molecular flexibility index (Phi) is 5.62. The third-order valence-electron chi connectivity index (χ3n) is 2.89. The van der Waals surface area contributed by atoms with E-state index in [0.717, 1.165) is 11.4 Å². The smallest absolute Gasteiger partial charge is 0.211 e. The highest BCUT2D eigenvalue weighted by molar-refractivity contribution is 7.88. The minimum absolute atomic E-state index is 0.453. The van der Waals surface area contributed by atoms with Gasteiger partial charge in [-0.25, -0.2) is 12.7 Å². The van der Waals surface area contributed by atoms with Crippen LogP contribution >= 0.6 is 0 Å². The number of likely N-dealkylation sites (N-methyl/N-ethyl adjacent to an activating group) is 2. The number of sulfonamides is 1. The van der Waals surface area contributed by atoms with Crippen LogP contribution in [0, 0.1) is 0 Å². The molecule has 1 rings (SSSR count). The zero-order valence-corrected chi connectivity index (χ0v) is 12.8. The van der Waals surface area contributed by atoms with E-state index in [1.54, 1.807) is 7.05 Å². The van der Waals surface area contributed by atoms with Gasteiger partial charge in [-0.05, 0) is 19.1 Å². The maximum absolute atomic E-state index is 11.3. The van der Waals surface area contributed by atoms with E-state index in [0.29, 0.717) is 19.7 Å². The number of anilines is 1. The first-order valence-electron chi connectivity index (χ1n) is 6.20. The fraction of sp³-hybridized carbons (Fsp3) is 0.538. The molecule has 0 heterocycles. The van der Waals surface area contributed by atoms with Crippen molar-refractivity contribution in [2.75, 3.05) is 44.9 Å². The first kappa shape index (κ1) is 15.8. The monoisotopic (exact) mass is 286 g/mol. The second kappa shape index (κ2) is 6.77. The highest BCUT2D eigenvalue weighted by Gasteiger charge is 2.11. The number of hydrogen-bond acceptors (Lipinski definition) is 4. The number of hydrogen-bond donors (Lipinski definition) is 0. The van der Waals surface area contributed by atoms with Gasteiger partial charge in [0.15, 0.2) is 0 Å². The standard InChI is InChI=1S/C13H22N2O3S/c1-5-18-13-8-6-7-12(11-13)14(2)9-10-15(3)19(4,16)17/h6-8,11H,5,9-10H2,1-4H3. The van der Waals surface area contributed by atoms with Gasteiger partial charge in [0.25, 0.3) is 0 Å². The van der Waals surface area contributed by atoms with Crippen LogP contribution in [0.2, 0.25) is 0 Å². The molecule has 1 aromatic rings. The molecule has 0 aromatic heterocycles. The van der Waals surface area contributed by atoms with Gasteiger partial charge in [-0.3, -0.25) is 0 Å². The van der Waals surface area contributed by atoms with Crippen molar-refractivity contribution in [1.29, 1.82) is 0 Å². The Hall–Kier alpha value is -1.27. The van der Waals surface area contributed by atoms with Crippen LogP contribution in [0.5, 0.6) is 5.75 Å². The molecule has 19 heavy (non-hydrogen) atoms. The molecule has 0 radical (unpaired) electrons. The molecule has 0 aliphatic rings. The van der Waals surface area contributed by atoms with E-state index in [4.69, 9.17) is 4.74 Å².